The molecule has 0 spiro atoms. The highest BCUT2D eigenvalue weighted by atomic mass is 32.2. The molecule has 0 aliphatic rings. The van der Waals surface area contributed by atoms with Crippen molar-refractivity contribution in [3.63, 3.8) is 0 Å². The lowest BCUT2D eigenvalue weighted by Gasteiger charge is -2.22. The Morgan fingerprint density at radius 3 is 2.47 bits per heavy atom. The van der Waals surface area contributed by atoms with Crippen LogP contribution in [0.3, 0.4) is 0 Å². The Morgan fingerprint density at radius 2 is 2.06 bits per heavy atom. The summed E-state index contributed by atoms with van der Waals surface area (Å²) in [6.45, 7) is 2.11. The van der Waals surface area contributed by atoms with Gasteiger partial charge >= 0.3 is 0 Å². The first-order chi connectivity index (χ1) is 7.71. The highest BCUT2D eigenvalue weighted by Gasteiger charge is 2.12. The molecule has 0 heterocycles. The summed E-state index contributed by atoms with van der Waals surface area (Å²) in [6, 6.07) is 4.59. The number of anilines is 2. The molecule has 0 bridgehead atoms. The van der Waals surface area contributed by atoms with Gasteiger partial charge in [0.15, 0.2) is 9.84 Å². The molecule has 0 aliphatic heterocycles. The van der Waals surface area contributed by atoms with Crippen molar-refractivity contribution in [2.45, 2.75) is 17.9 Å². The Labute approximate surface area is 102 Å². The summed E-state index contributed by atoms with van der Waals surface area (Å²) in [7, 11) is -1.45. The lowest BCUT2D eigenvalue weighted by Crippen LogP contribution is -2.27. The molecule has 17 heavy (non-hydrogen) atoms. The Morgan fingerprint density at radius 1 is 1.47 bits per heavy atom. The lowest BCUT2D eigenvalue weighted by molar-refractivity contribution is 0.201. The van der Waals surface area contributed by atoms with Crippen molar-refractivity contribution in [3.05, 3.63) is 18.2 Å². The molecule has 0 amide bonds. The molecule has 1 rings (SSSR count). The second-order valence-electron chi connectivity index (χ2n) is 4.22. The molecule has 1 unspecified atom stereocenters. The zero-order valence-corrected chi connectivity index (χ0v) is 11.0. The molecule has 0 aliphatic carbocycles. The molecule has 0 radical (unpaired) electrons. The average Bonchev–Trinajstić information content (AvgIpc) is 2.14. The van der Waals surface area contributed by atoms with Gasteiger partial charge in [-0.25, -0.2) is 8.42 Å². The number of hydrogen-bond donors (Lipinski definition) is 2. The van der Waals surface area contributed by atoms with Crippen molar-refractivity contribution in [1.29, 1.82) is 0 Å². The number of rotatable bonds is 4. The van der Waals surface area contributed by atoms with Gasteiger partial charge in [-0.05, 0) is 25.1 Å². The molecule has 0 saturated heterocycles. The molecule has 0 saturated carbocycles. The van der Waals surface area contributed by atoms with E-state index in [1.165, 1.54) is 12.1 Å². The van der Waals surface area contributed by atoms with E-state index in [0.29, 0.717) is 17.9 Å². The van der Waals surface area contributed by atoms with Gasteiger partial charge in [-0.1, -0.05) is 0 Å². The van der Waals surface area contributed by atoms with E-state index in [4.69, 9.17) is 5.73 Å². The topological polar surface area (TPSA) is 83.6 Å². The van der Waals surface area contributed by atoms with E-state index in [-0.39, 0.29) is 4.90 Å². The largest absolute Gasteiger partial charge is 0.397 e. The fraction of sp³-hybridized carbons (Fsp3) is 0.455. The number of aliphatic hydroxyl groups excluding tert-OH is 1. The number of aliphatic hydroxyl groups is 1. The van der Waals surface area contributed by atoms with Crippen LogP contribution in [0.2, 0.25) is 0 Å². The fourth-order valence-electron chi connectivity index (χ4n) is 1.61. The number of hydrogen-bond acceptors (Lipinski definition) is 5. The molecule has 6 heteroatoms. The van der Waals surface area contributed by atoms with E-state index < -0.39 is 15.9 Å². The van der Waals surface area contributed by atoms with Crippen molar-refractivity contribution >= 4 is 21.2 Å². The molecule has 96 valence electrons. The first kappa shape index (κ1) is 13.8. The van der Waals surface area contributed by atoms with Crippen LogP contribution in [0.25, 0.3) is 0 Å². The monoisotopic (exact) mass is 258 g/mol. The summed E-state index contributed by atoms with van der Waals surface area (Å²) in [4.78, 5) is 1.98. The SMILES string of the molecule is CC(O)CN(C)c1ccc(S(C)(=O)=O)cc1N. The fourth-order valence-corrected chi connectivity index (χ4v) is 2.26. The minimum Gasteiger partial charge on any atom is -0.397 e. The maximum atomic E-state index is 11.3. The third kappa shape index (κ3) is 3.61. The molecule has 0 fully saturated rings. The van der Waals surface area contributed by atoms with Gasteiger partial charge in [-0.15, -0.1) is 0 Å². The first-order valence-electron chi connectivity index (χ1n) is 5.20. The summed E-state index contributed by atoms with van der Waals surface area (Å²) in [5.41, 5.74) is 6.90. The molecular weight excluding hydrogens is 240 g/mol. The second-order valence-corrected chi connectivity index (χ2v) is 6.24. The highest BCUT2D eigenvalue weighted by Crippen LogP contribution is 2.25. The van der Waals surface area contributed by atoms with Crippen LogP contribution in [0.1, 0.15) is 6.92 Å². The van der Waals surface area contributed by atoms with Crippen LogP contribution in [0.5, 0.6) is 0 Å². The zero-order valence-electron chi connectivity index (χ0n) is 10.2. The normalized spacial score (nSPS) is 13.4. The van der Waals surface area contributed by atoms with E-state index in [9.17, 15) is 13.5 Å². The summed E-state index contributed by atoms with van der Waals surface area (Å²) >= 11 is 0. The zero-order chi connectivity index (χ0) is 13.2. The quantitative estimate of drug-likeness (QED) is 0.768. The van der Waals surface area contributed by atoms with E-state index in [1.807, 2.05) is 0 Å². The van der Waals surface area contributed by atoms with Crippen molar-refractivity contribution in [2.75, 3.05) is 30.5 Å². The Bertz CT molecular complexity index is 497. The molecular formula is C11H18N2O3S. The van der Waals surface area contributed by atoms with Gasteiger partial charge in [0.1, 0.15) is 0 Å². The van der Waals surface area contributed by atoms with Crippen molar-refractivity contribution in [3.8, 4) is 0 Å². The Balaban J connectivity index is 3.06. The number of sulfone groups is 1. The molecule has 1 aromatic rings. The van der Waals surface area contributed by atoms with Crippen LogP contribution in [0.4, 0.5) is 11.4 Å². The standard InChI is InChI=1S/C11H18N2O3S/c1-8(14)7-13(2)11-5-4-9(6-10(11)12)17(3,15)16/h4-6,8,14H,7,12H2,1-3H3. The third-order valence-corrected chi connectivity index (χ3v) is 3.49. The maximum Gasteiger partial charge on any atom is 0.175 e. The second kappa shape index (κ2) is 4.93. The number of nitrogens with two attached hydrogens (primary N) is 1. The van der Waals surface area contributed by atoms with Crippen LogP contribution in [0, 0.1) is 0 Å². The minimum absolute atomic E-state index is 0.198. The Hall–Kier alpha value is -1.27. The summed E-state index contributed by atoms with van der Waals surface area (Å²) < 4.78 is 22.7. The van der Waals surface area contributed by atoms with E-state index in [1.54, 1.807) is 24.9 Å². The molecule has 1 atom stereocenters. The van der Waals surface area contributed by atoms with Gasteiger partial charge in [0.2, 0.25) is 0 Å². The van der Waals surface area contributed by atoms with Gasteiger partial charge in [0.05, 0.1) is 22.4 Å². The van der Waals surface area contributed by atoms with Gasteiger partial charge in [0, 0.05) is 19.8 Å². The lowest BCUT2D eigenvalue weighted by atomic mass is 10.2. The third-order valence-electron chi connectivity index (χ3n) is 2.38. The van der Waals surface area contributed by atoms with Gasteiger partial charge in [-0.3, -0.25) is 0 Å². The number of nitrogen functional groups attached to an aromatic ring is 1. The van der Waals surface area contributed by atoms with Crippen molar-refractivity contribution < 1.29 is 13.5 Å². The summed E-state index contributed by atoms with van der Waals surface area (Å²) in [5, 5.41) is 9.28. The van der Waals surface area contributed by atoms with Crippen LogP contribution in [0.15, 0.2) is 23.1 Å². The summed E-state index contributed by atoms with van der Waals surface area (Å²) in [5.74, 6) is 0. The maximum absolute atomic E-state index is 11.3. The number of benzene rings is 1. The minimum atomic E-state index is -3.24. The van der Waals surface area contributed by atoms with Crippen LogP contribution in [-0.4, -0.2) is 39.5 Å². The summed E-state index contributed by atoms with van der Waals surface area (Å²) in [6.07, 6.45) is 0.662. The highest BCUT2D eigenvalue weighted by molar-refractivity contribution is 7.90. The first-order valence-corrected chi connectivity index (χ1v) is 7.09. The van der Waals surface area contributed by atoms with E-state index in [0.717, 1.165) is 6.26 Å². The molecule has 5 nitrogen and oxygen atoms in total. The predicted molar refractivity (Wildman–Crippen MR) is 68.9 cm³/mol. The number of likely N-dealkylation sites (N-methyl/N-ethyl adjacent to an activating group) is 1. The Kier molecular flexibility index (Phi) is 4.00. The predicted octanol–water partition coefficient (Wildman–Crippen LogP) is 0.489. The van der Waals surface area contributed by atoms with E-state index in [2.05, 4.69) is 0 Å². The van der Waals surface area contributed by atoms with Gasteiger partial charge < -0.3 is 15.7 Å². The average molecular weight is 258 g/mol. The van der Waals surface area contributed by atoms with Crippen molar-refractivity contribution in [2.24, 2.45) is 0 Å². The van der Waals surface area contributed by atoms with Crippen LogP contribution >= 0.6 is 0 Å². The molecule has 0 aromatic heterocycles. The van der Waals surface area contributed by atoms with Gasteiger partial charge in [-0.2, -0.15) is 0 Å². The van der Waals surface area contributed by atoms with E-state index >= 15 is 0 Å². The van der Waals surface area contributed by atoms with Crippen LogP contribution in [-0.2, 0) is 9.84 Å². The van der Waals surface area contributed by atoms with Gasteiger partial charge in [0.25, 0.3) is 0 Å². The van der Waals surface area contributed by atoms with Crippen molar-refractivity contribution in [1.82, 2.24) is 0 Å². The number of nitrogens with zero attached hydrogens (tertiary/aromatic N) is 1. The molecule has 3 N–H and O–H groups in total. The van der Waals surface area contributed by atoms with Crippen LogP contribution < -0.4 is 10.6 Å². The smallest absolute Gasteiger partial charge is 0.175 e. The molecule has 1 aromatic carbocycles.